The molecule has 3 N–H and O–H groups in total. The van der Waals surface area contributed by atoms with Crippen molar-refractivity contribution in [1.82, 2.24) is 14.9 Å². The van der Waals surface area contributed by atoms with E-state index in [1.165, 1.54) is 11.9 Å². The number of halogens is 3. The molecule has 1 aromatic heterocycles. The number of benzene rings is 1. The number of aromatic hydroxyl groups is 1. The van der Waals surface area contributed by atoms with Crippen LogP contribution in [0.4, 0.5) is 13.2 Å². The standard InChI is InChI=1S/C25H27F3N4O5/c1-13-5-6-25(11-24(2,3)37-12-25)30-32-10-16(20(33)21(34)19(32)23(36)31(13)4)22(35)29-9-15-17(27)7-14(26)8-18(15)28/h5-8,10,13,30,34H,9,11-12H2,1-4H3,(H,29,35)/b6-5-/t13-,25+/m0/s1. The predicted octanol–water partition coefficient (Wildman–Crippen LogP) is 2.41. The molecule has 4 rings (SSSR count). The number of nitrogens with zero attached hydrogens (tertiary/aromatic N) is 2. The van der Waals surface area contributed by atoms with E-state index < -0.39 is 75.3 Å². The van der Waals surface area contributed by atoms with Crippen molar-refractivity contribution >= 4 is 11.8 Å². The summed E-state index contributed by atoms with van der Waals surface area (Å²) in [6, 6.07) is 0.523. The molecular weight excluding hydrogens is 493 g/mol. The number of ether oxygens (including phenoxy) is 1. The fraction of sp³-hybridized carbons (Fsp3) is 0.400. The van der Waals surface area contributed by atoms with Crippen molar-refractivity contribution in [2.45, 2.75) is 50.9 Å². The summed E-state index contributed by atoms with van der Waals surface area (Å²) in [6.07, 6.45) is 5.15. The molecule has 37 heavy (non-hydrogen) atoms. The lowest BCUT2D eigenvalue weighted by atomic mass is 9.90. The Morgan fingerprint density at radius 3 is 2.49 bits per heavy atom. The van der Waals surface area contributed by atoms with Gasteiger partial charge in [0.25, 0.3) is 11.8 Å². The number of amides is 2. The largest absolute Gasteiger partial charge is 0.502 e. The maximum atomic E-state index is 14.0. The van der Waals surface area contributed by atoms with Crippen LogP contribution in [0.25, 0.3) is 0 Å². The van der Waals surface area contributed by atoms with Crippen LogP contribution in [-0.4, -0.2) is 57.3 Å². The predicted molar refractivity (Wildman–Crippen MR) is 127 cm³/mol. The average Bonchev–Trinajstić information content (AvgIpc) is 3.13. The Hall–Kier alpha value is -3.80. The lowest BCUT2D eigenvalue weighted by Crippen LogP contribution is -2.45. The third kappa shape index (κ3) is 4.93. The number of fused-ring (bicyclic) bond motifs is 1. The molecule has 0 radical (unpaired) electrons. The van der Waals surface area contributed by atoms with Crippen LogP contribution in [0.1, 0.15) is 53.6 Å². The van der Waals surface area contributed by atoms with Gasteiger partial charge >= 0.3 is 0 Å². The molecule has 0 bridgehead atoms. The number of hydrogen-bond donors (Lipinski definition) is 3. The Labute approximate surface area is 210 Å². The van der Waals surface area contributed by atoms with Crippen molar-refractivity contribution in [1.29, 1.82) is 0 Å². The van der Waals surface area contributed by atoms with Crippen LogP contribution in [-0.2, 0) is 11.3 Å². The van der Waals surface area contributed by atoms with E-state index in [0.717, 1.165) is 10.9 Å². The highest BCUT2D eigenvalue weighted by Gasteiger charge is 2.44. The van der Waals surface area contributed by atoms with Crippen LogP contribution < -0.4 is 16.2 Å². The average molecular weight is 521 g/mol. The number of pyridine rings is 1. The molecule has 2 aromatic rings. The maximum Gasteiger partial charge on any atom is 0.276 e. The number of hydrogen-bond acceptors (Lipinski definition) is 6. The highest BCUT2D eigenvalue weighted by Crippen LogP contribution is 2.35. The van der Waals surface area contributed by atoms with Crippen molar-refractivity contribution in [3.8, 4) is 5.75 Å². The van der Waals surface area contributed by atoms with Gasteiger partial charge in [0.15, 0.2) is 11.4 Å². The van der Waals surface area contributed by atoms with E-state index >= 15 is 0 Å². The van der Waals surface area contributed by atoms with Crippen LogP contribution in [0, 0.1) is 17.5 Å². The highest BCUT2D eigenvalue weighted by atomic mass is 19.1. The third-order valence-electron chi connectivity index (χ3n) is 6.59. The van der Waals surface area contributed by atoms with Crippen molar-refractivity contribution < 1.29 is 32.6 Å². The van der Waals surface area contributed by atoms with Crippen LogP contribution in [0.15, 0.2) is 35.3 Å². The molecule has 1 spiro atoms. The minimum absolute atomic E-state index is 0.193. The van der Waals surface area contributed by atoms with Gasteiger partial charge in [-0.25, -0.2) is 13.2 Å². The number of nitrogens with one attached hydrogen (secondary N) is 2. The Kier molecular flexibility index (Phi) is 6.57. The molecule has 1 fully saturated rings. The number of likely N-dealkylation sites (N-methyl/N-ethyl adjacent to an activating group) is 1. The molecule has 2 aliphatic heterocycles. The maximum absolute atomic E-state index is 14.0. The number of carbonyl (C=O) groups is 2. The Balaban J connectivity index is 1.76. The number of carbonyl (C=O) groups excluding carboxylic acids is 2. The zero-order chi connectivity index (χ0) is 27.3. The van der Waals surface area contributed by atoms with E-state index in [9.17, 15) is 32.7 Å². The van der Waals surface area contributed by atoms with Gasteiger partial charge in [0, 0.05) is 49.9 Å². The molecule has 2 aliphatic rings. The molecule has 9 nitrogen and oxygen atoms in total. The first-order valence-corrected chi connectivity index (χ1v) is 11.5. The van der Waals surface area contributed by atoms with E-state index in [1.54, 1.807) is 13.0 Å². The van der Waals surface area contributed by atoms with Crippen molar-refractivity contribution in [2.75, 3.05) is 19.1 Å². The Bertz CT molecular complexity index is 1350. The van der Waals surface area contributed by atoms with E-state index in [1.807, 2.05) is 19.9 Å². The SMILES string of the molecule is C[C@H]1/C=C\[C@@]2(COC(C)(C)C2)Nn2cc(C(=O)NCc3c(F)cc(F)cc3F)c(=O)c(O)c2C(=O)N1C. The first-order chi connectivity index (χ1) is 17.2. The lowest BCUT2D eigenvalue weighted by molar-refractivity contribution is 0.0352. The van der Waals surface area contributed by atoms with Gasteiger partial charge in [-0.2, -0.15) is 0 Å². The van der Waals surface area contributed by atoms with Gasteiger partial charge in [-0.1, -0.05) is 12.2 Å². The zero-order valence-electron chi connectivity index (χ0n) is 20.7. The van der Waals surface area contributed by atoms with Gasteiger partial charge < -0.3 is 25.5 Å². The number of rotatable bonds is 3. The smallest absolute Gasteiger partial charge is 0.276 e. The van der Waals surface area contributed by atoms with Crippen molar-refractivity contribution in [2.24, 2.45) is 0 Å². The minimum atomic E-state index is -1.21. The Morgan fingerprint density at radius 1 is 1.24 bits per heavy atom. The molecule has 2 amide bonds. The fourth-order valence-electron chi connectivity index (χ4n) is 4.51. The van der Waals surface area contributed by atoms with Gasteiger partial charge in [-0.3, -0.25) is 19.1 Å². The fourth-order valence-corrected chi connectivity index (χ4v) is 4.51. The van der Waals surface area contributed by atoms with Crippen molar-refractivity contribution in [3.05, 3.63) is 75.0 Å². The van der Waals surface area contributed by atoms with Gasteiger partial charge in [0.2, 0.25) is 5.43 Å². The topological polar surface area (TPSA) is 113 Å². The minimum Gasteiger partial charge on any atom is -0.502 e. The second-order valence-corrected chi connectivity index (χ2v) is 9.98. The molecule has 3 heterocycles. The summed E-state index contributed by atoms with van der Waals surface area (Å²) >= 11 is 0. The summed E-state index contributed by atoms with van der Waals surface area (Å²) in [6.45, 7) is 5.05. The van der Waals surface area contributed by atoms with Gasteiger partial charge in [0.05, 0.1) is 17.7 Å². The van der Waals surface area contributed by atoms with Crippen LogP contribution >= 0.6 is 0 Å². The molecule has 1 saturated heterocycles. The molecule has 198 valence electrons. The molecule has 0 saturated carbocycles. The summed E-state index contributed by atoms with van der Waals surface area (Å²) in [4.78, 5) is 40.4. The second-order valence-electron chi connectivity index (χ2n) is 9.98. The molecule has 1 aromatic carbocycles. The normalized spacial score (nSPS) is 23.6. The molecule has 2 atom stereocenters. The van der Waals surface area contributed by atoms with Crippen LogP contribution in [0.5, 0.6) is 5.75 Å². The van der Waals surface area contributed by atoms with E-state index in [-0.39, 0.29) is 12.3 Å². The summed E-state index contributed by atoms with van der Waals surface area (Å²) in [7, 11) is 1.51. The quantitative estimate of drug-likeness (QED) is 0.536. The Morgan fingerprint density at radius 2 is 1.89 bits per heavy atom. The second kappa shape index (κ2) is 9.25. The van der Waals surface area contributed by atoms with Gasteiger partial charge in [-0.05, 0) is 20.8 Å². The monoisotopic (exact) mass is 520 g/mol. The van der Waals surface area contributed by atoms with Gasteiger partial charge in [0.1, 0.15) is 23.0 Å². The first kappa shape index (κ1) is 26.3. The molecular formula is C25H27F3N4O5. The van der Waals surface area contributed by atoms with Crippen LogP contribution in [0.3, 0.4) is 0 Å². The number of aromatic nitrogens is 1. The molecule has 0 aliphatic carbocycles. The van der Waals surface area contributed by atoms with Crippen LogP contribution in [0.2, 0.25) is 0 Å². The zero-order valence-corrected chi connectivity index (χ0v) is 20.7. The summed E-state index contributed by atoms with van der Waals surface area (Å²) in [5, 5.41) is 13.0. The summed E-state index contributed by atoms with van der Waals surface area (Å²) < 4.78 is 48.2. The van der Waals surface area contributed by atoms with E-state index in [4.69, 9.17) is 4.74 Å². The lowest BCUT2D eigenvalue weighted by Gasteiger charge is -2.30. The summed E-state index contributed by atoms with van der Waals surface area (Å²) in [5.41, 5.74) is -1.00. The molecule has 12 heteroatoms. The summed E-state index contributed by atoms with van der Waals surface area (Å²) in [5.74, 6) is -6.27. The van der Waals surface area contributed by atoms with E-state index in [2.05, 4.69) is 10.7 Å². The molecule has 0 unspecified atom stereocenters. The third-order valence-corrected chi connectivity index (χ3v) is 6.59. The van der Waals surface area contributed by atoms with Crippen molar-refractivity contribution in [3.63, 3.8) is 0 Å². The van der Waals surface area contributed by atoms with Gasteiger partial charge in [-0.15, -0.1) is 0 Å². The van der Waals surface area contributed by atoms with E-state index in [0.29, 0.717) is 18.6 Å². The highest BCUT2D eigenvalue weighted by molar-refractivity contribution is 5.98. The first-order valence-electron chi connectivity index (χ1n) is 11.5.